The van der Waals surface area contributed by atoms with Crippen molar-refractivity contribution in [3.63, 3.8) is 0 Å². The minimum atomic E-state index is -3.68. The highest BCUT2D eigenvalue weighted by molar-refractivity contribution is 7.92. The molecule has 0 unspecified atom stereocenters. The number of carbonyl (C=O) groups excluding carboxylic acids is 1. The van der Waals surface area contributed by atoms with Crippen LogP contribution in [0.15, 0.2) is 42.5 Å². The summed E-state index contributed by atoms with van der Waals surface area (Å²) in [6.07, 6.45) is 1.05. The van der Waals surface area contributed by atoms with E-state index in [0.717, 1.165) is 16.3 Å². The van der Waals surface area contributed by atoms with Gasteiger partial charge in [-0.2, -0.15) is 0 Å². The van der Waals surface area contributed by atoms with E-state index in [9.17, 15) is 13.2 Å². The van der Waals surface area contributed by atoms with Gasteiger partial charge in [0.1, 0.15) is 24.7 Å². The van der Waals surface area contributed by atoms with Crippen LogP contribution in [-0.4, -0.2) is 46.9 Å². The van der Waals surface area contributed by atoms with E-state index in [2.05, 4.69) is 5.32 Å². The number of halogens is 1. The Bertz CT molecular complexity index is 948. The van der Waals surface area contributed by atoms with Gasteiger partial charge >= 0.3 is 0 Å². The molecule has 0 heterocycles. The van der Waals surface area contributed by atoms with E-state index in [1.807, 2.05) is 0 Å². The van der Waals surface area contributed by atoms with Gasteiger partial charge in [0.25, 0.3) is 0 Å². The molecule has 0 aliphatic carbocycles. The van der Waals surface area contributed by atoms with E-state index < -0.39 is 15.9 Å². The Morgan fingerprint density at radius 1 is 1.17 bits per heavy atom. The van der Waals surface area contributed by atoms with E-state index >= 15 is 0 Å². The van der Waals surface area contributed by atoms with Crippen LogP contribution in [0.25, 0.3) is 0 Å². The van der Waals surface area contributed by atoms with Crippen LogP contribution in [-0.2, 0) is 14.8 Å². The van der Waals surface area contributed by atoms with Gasteiger partial charge in [-0.25, -0.2) is 8.42 Å². The number of anilines is 1. The van der Waals surface area contributed by atoms with Crippen LogP contribution >= 0.6 is 11.6 Å². The molecule has 29 heavy (non-hydrogen) atoms. The van der Waals surface area contributed by atoms with Gasteiger partial charge in [0.15, 0.2) is 0 Å². The minimum Gasteiger partial charge on any atom is -0.497 e. The smallest absolute Gasteiger partial charge is 0.241 e. The number of sulfonamides is 1. The molecule has 0 saturated carbocycles. The average molecular weight is 441 g/mol. The second-order valence-electron chi connectivity index (χ2n) is 6.61. The van der Waals surface area contributed by atoms with Crippen molar-refractivity contribution in [3.05, 3.63) is 53.1 Å². The summed E-state index contributed by atoms with van der Waals surface area (Å²) < 4.78 is 36.3. The summed E-state index contributed by atoms with van der Waals surface area (Å²) in [5.41, 5.74) is 0.959. The predicted octanol–water partition coefficient (Wildman–Crippen LogP) is 3.01. The molecule has 0 radical (unpaired) electrons. The fourth-order valence-corrected chi connectivity index (χ4v) is 3.71. The van der Waals surface area contributed by atoms with Gasteiger partial charge in [0.2, 0.25) is 15.9 Å². The topological polar surface area (TPSA) is 84.9 Å². The van der Waals surface area contributed by atoms with E-state index in [0.29, 0.717) is 22.0 Å². The molecule has 7 nitrogen and oxygen atoms in total. The molecule has 158 valence electrons. The molecule has 0 spiro atoms. The van der Waals surface area contributed by atoms with Crippen molar-refractivity contribution in [2.75, 3.05) is 30.8 Å². The first-order valence-corrected chi connectivity index (χ1v) is 11.1. The summed E-state index contributed by atoms with van der Waals surface area (Å²) in [6, 6.07) is 11.7. The van der Waals surface area contributed by atoms with Crippen molar-refractivity contribution in [1.29, 1.82) is 0 Å². The molecule has 0 bridgehead atoms. The number of hydrogen-bond donors (Lipinski definition) is 1. The maximum atomic E-state index is 12.5. The molecule has 0 aliphatic heterocycles. The normalized spacial score (nSPS) is 12.2. The Morgan fingerprint density at radius 2 is 1.79 bits per heavy atom. The lowest BCUT2D eigenvalue weighted by Crippen LogP contribution is -2.45. The third-order valence-electron chi connectivity index (χ3n) is 4.16. The molecule has 2 rings (SSSR count). The molecule has 0 saturated heterocycles. The Hall–Kier alpha value is -2.45. The molecule has 0 aromatic heterocycles. The number of amides is 1. The van der Waals surface area contributed by atoms with Gasteiger partial charge in [-0.3, -0.25) is 9.10 Å². The quantitative estimate of drug-likeness (QED) is 0.647. The molecule has 0 aliphatic rings. The number of hydrogen-bond acceptors (Lipinski definition) is 5. The Labute approximate surface area is 176 Å². The van der Waals surface area contributed by atoms with Crippen LogP contribution in [0.1, 0.15) is 12.5 Å². The van der Waals surface area contributed by atoms with Crippen LogP contribution < -0.4 is 19.1 Å². The molecule has 0 fully saturated rings. The fraction of sp³-hybridized carbons (Fsp3) is 0.350. The Kier molecular flexibility index (Phi) is 7.75. The third kappa shape index (κ3) is 6.54. The summed E-state index contributed by atoms with van der Waals surface area (Å²) in [4.78, 5) is 12.5. The second-order valence-corrected chi connectivity index (χ2v) is 8.92. The Morgan fingerprint density at radius 3 is 2.38 bits per heavy atom. The lowest BCUT2D eigenvalue weighted by molar-refractivity contribution is -0.120. The van der Waals surface area contributed by atoms with Crippen molar-refractivity contribution in [2.24, 2.45) is 0 Å². The zero-order valence-corrected chi connectivity index (χ0v) is 18.4. The number of methoxy groups -OCH3 is 1. The third-order valence-corrected chi connectivity index (χ3v) is 5.70. The fourth-order valence-electron chi connectivity index (χ4n) is 2.63. The van der Waals surface area contributed by atoms with Crippen molar-refractivity contribution in [3.8, 4) is 11.5 Å². The first-order chi connectivity index (χ1) is 13.6. The molecular formula is C20H25ClN2O5S. The molecule has 2 aromatic carbocycles. The number of carbonyl (C=O) groups is 1. The van der Waals surface area contributed by atoms with Gasteiger partial charge in [-0.1, -0.05) is 17.7 Å². The summed E-state index contributed by atoms with van der Waals surface area (Å²) in [6.45, 7) is 3.36. The van der Waals surface area contributed by atoms with Gasteiger partial charge < -0.3 is 14.8 Å². The van der Waals surface area contributed by atoms with E-state index in [-0.39, 0.29) is 19.2 Å². The van der Waals surface area contributed by atoms with Crippen molar-refractivity contribution < 1.29 is 22.7 Å². The van der Waals surface area contributed by atoms with Gasteiger partial charge in [0.05, 0.1) is 25.1 Å². The lowest BCUT2D eigenvalue weighted by Gasteiger charge is -2.25. The average Bonchev–Trinajstić information content (AvgIpc) is 2.66. The maximum Gasteiger partial charge on any atom is 0.241 e. The lowest BCUT2D eigenvalue weighted by atomic mass is 10.2. The number of ether oxygens (including phenoxy) is 2. The SMILES string of the molecule is COc1ccc(OC[C@@H](C)NC(=O)CN(c2cccc(Cl)c2C)S(C)(=O)=O)cc1. The molecular weight excluding hydrogens is 416 g/mol. The van der Waals surface area contributed by atoms with Crippen molar-refractivity contribution >= 4 is 33.2 Å². The molecule has 9 heteroatoms. The van der Waals surface area contributed by atoms with Crippen LogP contribution in [0.3, 0.4) is 0 Å². The summed E-state index contributed by atoms with van der Waals surface area (Å²) in [5.74, 6) is 0.913. The monoisotopic (exact) mass is 440 g/mol. The number of nitrogens with zero attached hydrogens (tertiary/aromatic N) is 1. The van der Waals surface area contributed by atoms with Crippen molar-refractivity contribution in [2.45, 2.75) is 19.9 Å². The number of rotatable bonds is 9. The van der Waals surface area contributed by atoms with E-state index in [1.165, 1.54) is 0 Å². The molecule has 1 N–H and O–H groups in total. The number of nitrogens with one attached hydrogen (secondary N) is 1. The first kappa shape index (κ1) is 22.8. The summed E-state index contributed by atoms with van der Waals surface area (Å²) in [7, 11) is -2.10. The maximum absolute atomic E-state index is 12.5. The summed E-state index contributed by atoms with van der Waals surface area (Å²) >= 11 is 6.10. The van der Waals surface area contributed by atoms with Gasteiger partial charge in [0, 0.05) is 5.02 Å². The van der Waals surface area contributed by atoms with Gasteiger partial charge in [-0.15, -0.1) is 0 Å². The largest absolute Gasteiger partial charge is 0.497 e. The Balaban J connectivity index is 1.99. The highest BCUT2D eigenvalue weighted by Crippen LogP contribution is 2.28. The molecule has 1 atom stereocenters. The van der Waals surface area contributed by atoms with Crippen molar-refractivity contribution in [1.82, 2.24) is 5.32 Å². The first-order valence-electron chi connectivity index (χ1n) is 8.91. The second kappa shape index (κ2) is 9.84. The predicted molar refractivity (Wildman–Crippen MR) is 114 cm³/mol. The van der Waals surface area contributed by atoms with Crippen LogP contribution in [0.4, 0.5) is 5.69 Å². The van der Waals surface area contributed by atoms with Crippen LogP contribution in [0.2, 0.25) is 5.02 Å². The van der Waals surface area contributed by atoms with Crippen LogP contribution in [0.5, 0.6) is 11.5 Å². The zero-order chi connectivity index (χ0) is 21.6. The molecule has 1 amide bonds. The van der Waals surface area contributed by atoms with Gasteiger partial charge in [-0.05, 0) is 55.8 Å². The highest BCUT2D eigenvalue weighted by Gasteiger charge is 2.23. The van der Waals surface area contributed by atoms with Crippen LogP contribution in [0, 0.1) is 6.92 Å². The van der Waals surface area contributed by atoms with E-state index in [4.69, 9.17) is 21.1 Å². The standard InChI is InChI=1S/C20H25ClN2O5S/c1-14(13-28-17-10-8-16(27-3)9-11-17)22-20(24)12-23(29(4,25)26)19-7-5-6-18(21)15(19)2/h5-11,14H,12-13H2,1-4H3,(H,22,24)/t14-/m1/s1. The highest BCUT2D eigenvalue weighted by atomic mass is 35.5. The molecule has 2 aromatic rings. The summed E-state index contributed by atoms with van der Waals surface area (Å²) in [5, 5.41) is 3.18. The van der Waals surface area contributed by atoms with E-state index in [1.54, 1.807) is 63.4 Å². The number of benzene rings is 2. The zero-order valence-electron chi connectivity index (χ0n) is 16.8. The minimum absolute atomic E-state index is 0.229.